The summed E-state index contributed by atoms with van der Waals surface area (Å²) in [5.74, 6) is -0.351. The number of methoxy groups -OCH3 is 1. The van der Waals surface area contributed by atoms with Crippen molar-refractivity contribution in [1.29, 1.82) is 0 Å². The maximum atomic E-state index is 11.8. The molecule has 0 spiro atoms. The molecule has 0 atom stereocenters. The Balaban J connectivity index is 2.25. The van der Waals surface area contributed by atoms with Gasteiger partial charge in [0.2, 0.25) is 0 Å². The molecule has 0 saturated heterocycles. The van der Waals surface area contributed by atoms with Crippen LogP contribution < -0.4 is 0 Å². The van der Waals surface area contributed by atoms with Gasteiger partial charge in [0.15, 0.2) is 0 Å². The van der Waals surface area contributed by atoms with Crippen molar-refractivity contribution in [3.63, 3.8) is 0 Å². The van der Waals surface area contributed by atoms with Gasteiger partial charge in [0, 0.05) is 23.3 Å². The zero-order valence-electron chi connectivity index (χ0n) is 13.8. The van der Waals surface area contributed by atoms with Crippen molar-refractivity contribution in [3.8, 4) is 11.4 Å². The van der Waals surface area contributed by atoms with Crippen LogP contribution in [0, 0.1) is 0 Å². The first-order chi connectivity index (χ1) is 11.7. The lowest BCUT2D eigenvalue weighted by atomic mass is 10.0. The molecule has 2 heterocycles. The second-order valence-corrected chi connectivity index (χ2v) is 5.47. The Bertz CT molecular complexity index is 912. The van der Waals surface area contributed by atoms with Crippen molar-refractivity contribution in [2.75, 3.05) is 7.11 Å². The van der Waals surface area contributed by atoms with E-state index in [4.69, 9.17) is 4.74 Å². The minimum absolute atomic E-state index is 0.351. The normalized spacial score (nSPS) is 10.8. The molecule has 5 heteroatoms. The number of rotatable bonds is 5. The second-order valence-electron chi connectivity index (χ2n) is 5.47. The van der Waals surface area contributed by atoms with Gasteiger partial charge >= 0.3 is 5.97 Å². The number of fused-ring (bicyclic) bond motifs is 1. The molecule has 0 bridgehead atoms. The number of hydrogen-bond donors (Lipinski definition) is 1. The van der Waals surface area contributed by atoms with Crippen molar-refractivity contribution < 1.29 is 9.53 Å². The Hall–Kier alpha value is -2.95. The quantitative estimate of drug-likeness (QED) is 0.721. The molecular weight excluding hydrogens is 302 g/mol. The molecule has 0 unspecified atom stereocenters. The Morgan fingerprint density at radius 2 is 2.12 bits per heavy atom. The molecule has 0 radical (unpaired) electrons. The van der Waals surface area contributed by atoms with Crippen LogP contribution in [-0.4, -0.2) is 28.0 Å². The number of nitrogens with one attached hydrogen (secondary N) is 1. The summed E-state index contributed by atoms with van der Waals surface area (Å²) >= 11 is 0. The van der Waals surface area contributed by atoms with Gasteiger partial charge in [-0.05, 0) is 30.2 Å². The molecule has 3 rings (SSSR count). The molecule has 5 nitrogen and oxygen atoms in total. The summed E-state index contributed by atoms with van der Waals surface area (Å²) in [5.41, 5.74) is 5.01. The molecule has 0 aliphatic carbocycles. The number of H-pyrrole nitrogens is 1. The third-order valence-electron chi connectivity index (χ3n) is 3.98. The first-order valence-electron chi connectivity index (χ1n) is 7.86. The highest BCUT2D eigenvalue weighted by Gasteiger charge is 2.17. The highest BCUT2D eigenvalue weighted by atomic mass is 16.5. The van der Waals surface area contributed by atoms with E-state index >= 15 is 0 Å². The smallest absolute Gasteiger partial charge is 0.337 e. The lowest BCUT2D eigenvalue weighted by Gasteiger charge is -2.05. The average molecular weight is 321 g/mol. The molecule has 122 valence electrons. The van der Waals surface area contributed by atoms with Crippen LogP contribution in [0.25, 0.3) is 28.4 Å². The zero-order chi connectivity index (χ0) is 17.1. The SMILES string of the molecule is C=Cc1nccnc1-c1[nH]c2cc(C(=O)OC)ccc2c1CCC. The van der Waals surface area contributed by atoms with Gasteiger partial charge in [-0.25, -0.2) is 4.79 Å². The number of benzene rings is 1. The predicted molar refractivity (Wildman–Crippen MR) is 94.8 cm³/mol. The number of nitrogens with zero attached hydrogens (tertiary/aromatic N) is 2. The minimum atomic E-state index is -0.351. The van der Waals surface area contributed by atoms with E-state index in [1.807, 2.05) is 12.1 Å². The minimum Gasteiger partial charge on any atom is -0.465 e. The first kappa shape index (κ1) is 15.9. The van der Waals surface area contributed by atoms with Gasteiger partial charge in [0.1, 0.15) is 5.69 Å². The van der Waals surface area contributed by atoms with E-state index in [2.05, 4.69) is 28.5 Å². The predicted octanol–water partition coefficient (Wildman–Crippen LogP) is 4.01. The Morgan fingerprint density at radius 3 is 2.83 bits per heavy atom. The second kappa shape index (κ2) is 6.66. The molecule has 1 N–H and O–H groups in total. The molecule has 24 heavy (non-hydrogen) atoms. The van der Waals surface area contributed by atoms with E-state index in [-0.39, 0.29) is 5.97 Å². The van der Waals surface area contributed by atoms with E-state index in [9.17, 15) is 4.79 Å². The molecule has 2 aromatic heterocycles. The summed E-state index contributed by atoms with van der Waals surface area (Å²) in [4.78, 5) is 24.0. The monoisotopic (exact) mass is 321 g/mol. The van der Waals surface area contributed by atoms with Crippen LogP contribution in [0.3, 0.4) is 0 Å². The summed E-state index contributed by atoms with van der Waals surface area (Å²) in [6.07, 6.45) is 6.92. The number of aromatic amines is 1. The summed E-state index contributed by atoms with van der Waals surface area (Å²) < 4.78 is 4.80. The summed E-state index contributed by atoms with van der Waals surface area (Å²) in [6.45, 7) is 5.95. The topological polar surface area (TPSA) is 67.9 Å². The Labute approximate surface area is 140 Å². The number of carbonyl (C=O) groups excluding carboxylic acids is 1. The fraction of sp³-hybridized carbons (Fsp3) is 0.211. The lowest BCUT2D eigenvalue weighted by Crippen LogP contribution is -2.00. The largest absolute Gasteiger partial charge is 0.465 e. The van der Waals surface area contributed by atoms with E-state index in [1.54, 1.807) is 24.5 Å². The number of hydrogen-bond acceptors (Lipinski definition) is 4. The van der Waals surface area contributed by atoms with E-state index in [0.29, 0.717) is 5.56 Å². The number of ether oxygens (including phenoxy) is 1. The molecule has 3 aromatic rings. The maximum Gasteiger partial charge on any atom is 0.337 e. The summed E-state index contributed by atoms with van der Waals surface area (Å²) in [6, 6.07) is 5.56. The number of carbonyl (C=O) groups is 1. The van der Waals surface area contributed by atoms with Gasteiger partial charge in [-0.1, -0.05) is 26.0 Å². The van der Waals surface area contributed by atoms with Crippen LogP contribution >= 0.6 is 0 Å². The van der Waals surface area contributed by atoms with Crippen molar-refractivity contribution in [2.24, 2.45) is 0 Å². The van der Waals surface area contributed by atoms with Gasteiger partial charge in [-0.15, -0.1) is 0 Å². The van der Waals surface area contributed by atoms with Crippen LogP contribution in [0.5, 0.6) is 0 Å². The van der Waals surface area contributed by atoms with Crippen LogP contribution in [0.15, 0.2) is 37.2 Å². The van der Waals surface area contributed by atoms with Crippen molar-refractivity contribution >= 4 is 22.9 Å². The van der Waals surface area contributed by atoms with Crippen LogP contribution in [-0.2, 0) is 11.2 Å². The molecule has 0 saturated carbocycles. The van der Waals surface area contributed by atoms with Gasteiger partial charge in [0.25, 0.3) is 0 Å². The standard InChI is InChI=1S/C19H19N3O2/c1-4-6-14-13-8-7-12(19(23)24-3)11-16(13)22-17(14)18-15(5-2)20-9-10-21-18/h5,7-11,22H,2,4,6H2,1,3H3. The summed E-state index contributed by atoms with van der Waals surface area (Å²) in [7, 11) is 1.38. The molecule has 0 fully saturated rings. The van der Waals surface area contributed by atoms with Gasteiger partial charge < -0.3 is 9.72 Å². The maximum absolute atomic E-state index is 11.8. The van der Waals surface area contributed by atoms with E-state index in [0.717, 1.165) is 40.8 Å². The highest BCUT2D eigenvalue weighted by Crippen LogP contribution is 2.32. The Morgan fingerprint density at radius 1 is 1.33 bits per heavy atom. The van der Waals surface area contributed by atoms with Gasteiger partial charge in [0.05, 0.1) is 24.1 Å². The van der Waals surface area contributed by atoms with Gasteiger partial charge in [-0.3, -0.25) is 9.97 Å². The van der Waals surface area contributed by atoms with Crippen LogP contribution in [0.1, 0.15) is 35.0 Å². The molecule has 0 amide bonds. The molecule has 0 aliphatic heterocycles. The van der Waals surface area contributed by atoms with Crippen LogP contribution in [0.2, 0.25) is 0 Å². The van der Waals surface area contributed by atoms with E-state index < -0.39 is 0 Å². The number of aryl methyl sites for hydroxylation is 1. The van der Waals surface area contributed by atoms with Crippen LogP contribution in [0.4, 0.5) is 0 Å². The van der Waals surface area contributed by atoms with Crippen molar-refractivity contribution in [3.05, 3.63) is 54.0 Å². The van der Waals surface area contributed by atoms with Crippen molar-refractivity contribution in [2.45, 2.75) is 19.8 Å². The van der Waals surface area contributed by atoms with Crippen molar-refractivity contribution in [1.82, 2.24) is 15.0 Å². The Kier molecular flexibility index (Phi) is 4.42. The number of esters is 1. The summed E-state index contributed by atoms with van der Waals surface area (Å²) in [5, 5.41) is 1.08. The fourth-order valence-corrected chi connectivity index (χ4v) is 2.90. The first-order valence-corrected chi connectivity index (χ1v) is 7.86. The molecule has 1 aromatic carbocycles. The number of aromatic nitrogens is 3. The fourth-order valence-electron chi connectivity index (χ4n) is 2.90. The third kappa shape index (κ3) is 2.69. The highest BCUT2D eigenvalue weighted by molar-refractivity contribution is 5.97. The molecule has 0 aliphatic rings. The average Bonchev–Trinajstić information content (AvgIpc) is 2.99. The van der Waals surface area contributed by atoms with Gasteiger partial charge in [-0.2, -0.15) is 0 Å². The third-order valence-corrected chi connectivity index (χ3v) is 3.98. The lowest BCUT2D eigenvalue weighted by molar-refractivity contribution is 0.0601. The molecular formula is C19H19N3O2. The zero-order valence-corrected chi connectivity index (χ0v) is 13.8. The van der Waals surface area contributed by atoms with E-state index in [1.165, 1.54) is 12.7 Å².